The predicted molar refractivity (Wildman–Crippen MR) is 90.8 cm³/mol. The molecule has 0 radical (unpaired) electrons. The third kappa shape index (κ3) is 9.73. The number of carboxylic acids is 1. The van der Waals surface area contributed by atoms with Crippen molar-refractivity contribution in [1.29, 1.82) is 0 Å². The number of hydrogen-bond acceptors (Lipinski definition) is 8. The molecule has 0 aromatic rings. The van der Waals surface area contributed by atoms with E-state index in [9.17, 15) is 19.5 Å². The highest BCUT2D eigenvalue weighted by Crippen LogP contribution is 1.92. The first-order valence-corrected chi connectivity index (χ1v) is 7.64. The molecule has 25 heavy (non-hydrogen) atoms. The average molecular weight is 380 g/mol. The van der Waals surface area contributed by atoms with Crippen LogP contribution < -0.4 is 33.0 Å². The number of amides is 2. The number of aliphatic hydroxyl groups excluding tert-OH is 2. The number of carboxylic acid groups (broad SMARTS) is 1. The van der Waals surface area contributed by atoms with Crippen LogP contribution in [0.4, 0.5) is 0 Å². The number of nitrogens with two attached hydrogens (primary N) is 2. The van der Waals surface area contributed by atoms with E-state index in [1.54, 1.807) is 0 Å². The zero-order valence-corrected chi connectivity index (χ0v) is 14.4. The monoisotopic (exact) mass is 380 g/mol. The van der Waals surface area contributed by atoms with Crippen LogP contribution in [0.2, 0.25) is 0 Å². The third-order valence-corrected chi connectivity index (χ3v) is 3.19. The maximum Gasteiger partial charge on any atom is 0.328 e. The zero-order chi connectivity index (χ0) is 19.6. The lowest BCUT2D eigenvalue weighted by Gasteiger charge is -2.23. The number of carbonyl (C=O) groups is 3. The minimum absolute atomic E-state index is 0.0140. The van der Waals surface area contributed by atoms with Crippen LogP contribution in [-0.2, 0) is 14.4 Å². The van der Waals surface area contributed by atoms with E-state index in [-0.39, 0.29) is 18.1 Å². The van der Waals surface area contributed by atoms with Crippen LogP contribution in [0.15, 0.2) is 0 Å². The number of aliphatic hydroxyl groups is 2. The molecule has 2 amide bonds. The van der Waals surface area contributed by atoms with Crippen LogP contribution in [0, 0.1) is 0 Å². The molecule has 0 saturated heterocycles. The minimum atomic E-state index is -1.31. The summed E-state index contributed by atoms with van der Waals surface area (Å²) in [5, 5.41) is 31.8. The standard InChI is InChI=1S/C12H24N6O6S/c1-5(20)9(14)10(22)18-15-3-6(2-8(13)21)16-12(25)17-7(4-19)11(23)24/h5-7,9,15,19-20H,2-4,14H2,1H3,(H2,13,21)(H,18,22)(H,23,24)(H2,16,17,25)/t5?,6-,7-,9-/m1/s1. The van der Waals surface area contributed by atoms with Crippen LogP contribution in [0.1, 0.15) is 13.3 Å². The summed E-state index contributed by atoms with van der Waals surface area (Å²) in [5.41, 5.74) is 15.3. The number of thiocarbonyl (C=S) groups is 1. The van der Waals surface area contributed by atoms with E-state index in [0.29, 0.717) is 0 Å². The lowest BCUT2D eigenvalue weighted by atomic mass is 10.2. The first kappa shape index (κ1) is 22.9. The second-order valence-corrected chi connectivity index (χ2v) is 5.60. The first-order chi connectivity index (χ1) is 11.6. The number of primary amides is 1. The van der Waals surface area contributed by atoms with Gasteiger partial charge in [-0.25, -0.2) is 10.2 Å². The summed E-state index contributed by atoms with van der Waals surface area (Å²) in [5.74, 6) is -2.64. The van der Waals surface area contributed by atoms with E-state index in [4.69, 9.17) is 33.9 Å². The van der Waals surface area contributed by atoms with Crippen molar-refractivity contribution in [2.24, 2.45) is 11.5 Å². The summed E-state index contributed by atoms with van der Waals surface area (Å²) in [6.07, 6.45) is -1.23. The molecule has 0 heterocycles. The van der Waals surface area contributed by atoms with Gasteiger partial charge < -0.3 is 37.4 Å². The number of hydrazine groups is 1. The highest BCUT2D eigenvalue weighted by molar-refractivity contribution is 7.80. The van der Waals surface area contributed by atoms with Crippen molar-refractivity contribution < 1.29 is 29.7 Å². The normalized spacial score (nSPS) is 15.4. The van der Waals surface area contributed by atoms with Gasteiger partial charge in [0.1, 0.15) is 12.1 Å². The molecule has 0 bridgehead atoms. The first-order valence-electron chi connectivity index (χ1n) is 7.23. The van der Waals surface area contributed by atoms with Gasteiger partial charge in [-0.1, -0.05) is 0 Å². The van der Waals surface area contributed by atoms with E-state index in [0.717, 1.165) is 0 Å². The summed E-state index contributed by atoms with van der Waals surface area (Å²) in [4.78, 5) is 33.5. The average Bonchev–Trinajstić information content (AvgIpc) is 2.50. The van der Waals surface area contributed by atoms with E-state index >= 15 is 0 Å². The molecule has 11 N–H and O–H groups in total. The maximum absolute atomic E-state index is 11.6. The van der Waals surface area contributed by atoms with Crippen LogP contribution in [0.25, 0.3) is 0 Å². The summed E-state index contributed by atoms with van der Waals surface area (Å²) < 4.78 is 0. The molecule has 13 heteroatoms. The number of carbonyl (C=O) groups excluding carboxylic acids is 2. The number of aliphatic carboxylic acids is 1. The fourth-order valence-corrected chi connectivity index (χ4v) is 1.86. The maximum atomic E-state index is 11.6. The van der Waals surface area contributed by atoms with Gasteiger partial charge in [0.15, 0.2) is 5.11 Å². The van der Waals surface area contributed by atoms with Crippen molar-refractivity contribution in [2.75, 3.05) is 13.2 Å². The van der Waals surface area contributed by atoms with Gasteiger partial charge in [-0.15, -0.1) is 0 Å². The fourth-order valence-electron chi connectivity index (χ4n) is 1.55. The van der Waals surface area contributed by atoms with Crippen LogP contribution in [-0.4, -0.2) is 75.6 Å². The van der Waals surface area contributed by atoms with Gasteiger partial charge in [-0.3, -0.25) is 15.0 Å². The Hall–Kier alpha value is -2.06. The van der Waals surface area contributed by atoms with Gasteiger partial charge in [0, 0.05) is 13.0 Å². The van der Waals surface area contributed by atoms with Gasteiger partial charge in [-0.05, 0) is 19.1 Å². The molecule has 1 unspecified atom stereocenters. The summed E-state index contributed by atoms with van der Waals surface area (Å²) >= 11 is 4.91. The third-order valence-electron chi connectivity index (χ3n) is 2.95. The molecular formula is C12H24N6O6S. The Morgan fingerprint density at radius 1 is 1.24 bits per heavy atom. The largest absolute Gasteiger partial charge is 0.480 e. The number of nitrogens with one attached hydrogen (secondary N) is 4. The van der Waals surface area contributed by atoms with Crippen molar-refractivity contribution in [2.45, 2.75) is 37.6 Å². The molecule has 0 aliphatic rings. The van der Waals surface area contributed by atoms with Gasteiger partial charge >= 0.3 is 5.97 Å². The van der Waals surface area contributed by atoms with Gasteiger partial charge in [-0.2, -0.15) is 0 Å². The fraction of sp³-hybridized carbons (Fsp3) is 0.667. The van der Waals surface area contributed by atoms with Gasteiger partial charge in [0.25, 0.3) is 5.91 Å². The molecule has 0 aromatic carbocycles. The Kier molecular flexibility index (Phi) is 10.5. The molecule has 0 aliphatic carbocycles. The molecule has 4 atom stereocenters. The molecule has 0 aromatic heterocycles. The smallest absolute Gasteiger partial charge is 0.328 e. The molecule has 0 fully saturated rings. The van der Waals surface area contributed by atoms with E-state index in [1.807, 2.05) is 0 Å². The molecule has 0 aliphatic heterocycles. The number of hydrogen-bond donors (Lipinski definition) is 9. The molecular weight excluding hydrogens is 356 g/mol. The topological polar surface area (TPSA) is 212 Å². The highest BCUT2D eigenvalue weighted by Gasteiger charge is 2.21. The van der Waals surface area contributed by atoms with Crippen LogP contribution >= 0.6 is 12.2 Å². The minimum Gasteiger partial charge on any atom is -0.480 e. The van der Waals surface area contributed by atoms with Crippen molar-refractivity contribution in [1.82, 2.24) is 21.5 Å². The molecule has 0 spiro atoms. The summed E-state index contributed by atoms with van der Waals surface area (Å²) in [7, 11) is 0. The summed E-state index contributed by atoms with van der Waals surface area (Å²) in [6.45, 7) is 0.648. The quantitative estimate of drug-likeness (QED) is 0.123. The van der Waals surface area contributed by atoms with E-state index in [2.05, 4.69) is 21.5 Å². The second kappa shape index (κ2) is 11.5. The SMILES string of the molecule is CC(O)[C@@H](N)C(=O)NNC[C@@H](CC(N)=O)NC(=S)N[C@H](CO)C(=O)O. The highest BCUT2D eigenvalue weighted by atomic mass is 32.1. The Balaban J connectivity index is 4.55. The Labute approximate surface area is 149 Å². The van der Waals surface area contributed by atoms with Crippen molar-refractivity contribution in [3.63, 3.8) is 0 Å². The molecule has 144 valence electrons. The van der Waals surface area contributed by atoms with E-state index in [1.165, 1.54) is 6.92 Å². The predicted octanol–water partition coefficient (Wildman–Crippen LogP) is -4.53. The molecule has 12 nitrogen and oxygen atoms in total. The number of rotatable bonds is 11. The van der Waals surface area contributed by atoms with Crippen molar-refractivity contribution in [3.05, 3.63) is 0 Å². The van der Waals surface area contributed by atoms with Gasteiger partial charge in [0.2, 0.25) is 5.91 Å². The van der Waals surface area contributed by atoms with E-state index < -0.39 is 48.6 Å². The Bertz CT molecular complexity index is 491. The Morgan fingerprint density at radius 2 is 1.84 bits per heavy atom. The zero-order valence-electron chi connectivity index (χ0n) is 13.6. The lowest BCUT2D eigenvalue weighted by molar-refractivity contribution is -0.140. The molecule has 0 rings (SSSR count). The summed E-state index contributed by atoms with van der Waals surface area (Å²) in [6, 6.07) is -3.14. The Morgan fingerprint density at radius 3 is 2.28 bits per heavy atom. The second-order valence-electron chi connectivity index (χ2n) is 5.20. The van der Waals surface area contributed by atoms with Crippen LogP contribution in [0.5, 0.6) is 0 Å². The lowest BCUT2D eigenvalue weighted by Crippen LogP contribution is -2.56. The van der Waals surface area contributed by atoms with Crippen molar-refractivity contribution >= 4 is 35.1 Å². The van der Waals surface area contributed by atoms with Crippen molar-refractivity contribution in [3.8, 4) is 0 Å². The molecule has 0 saturated carbocycles. The van der Waals surface area contributed by atoms with Crippen LogP contribution in [0.3, 0.4) is 0 Å². The van der Waals surface area contributed by atoms with Gasteiger partial charge in [0.05, 0.1) is 18.8 Å².